The molecule has 3 heterocycles. The number of H-pyrrole nitrogens is 2. The maximum atomic E-state index is 12.9. The maximum absolute atomic E-state index is 12.9. The van der Waals surface area contributed by atoms with E-state index in [0.717, 1.165) is 43.6 Å². The van der Waals surface area contributed by atoms with Crippen LogP contribution in [0.25, 0.3) is 11.0 Å². The van der Waals surface area contributed by atoms with Crippen LogP contribution in [0.5, 0.6) is 0 Å². The van der Waals surface area contributed by atoms with Crippen molar-refractivity contribution in [2.75, 3.05) is 37.6 Å². The van der Waals surface area contributed by atoms with Gasteiger partial charge in [-0.25, -0.2) is 9.78 Å². The number of nitrogens with one attached hydrogen (secondary N) is 6. The van der Waals surface area contributed by atoms with Crippen molar-refractivity contribution in [1.82, 2.24) is 46.4 Å². The average Bonchev–Trinajstić information content (AvgIpc) is 3.46. The summed E-state index contributed by atoms with van der Waals surface area (Å²) >= 11 is 0. The number of aromatic amines is 2. The van der Waals surface area contributed by atoms with E-state index in [0.29, 0.717) is 24.2 Å². The van der Waals surface area contributed by atoms with Gasteiger partial charge in [0.05, 0.1) is 11.0 Å². The number of carbonyl (C=O) groups excluding carboxylic acids is 2. The fraction of sp³-hybridized carbons (Fsp3) is 0.476. The van der Waals surface area contributed by atoms with Gasteiger partial charge >= 0.3 is 6.03 Å². The molecule has 4 rings (SSSR count). The third kappa shape index (κ3) is 5.77. The predicted molar refractivity (Wildman–Crippen MR) is 124 cm³/mol. The normalized spacial score (nSPS) is 14.9. The maximum Gasteiger partial charge on any atom is 0.316 e. The van der Waals surface area contributed by atoms with Crippen molar-refractivity contribution < 1.29 is 9.59 Å². The van der Waals surface area contributed by atoms with Crippen molar-refractivity contribution in [1.29, 1.82) is 0 Å². The van der Waals surface area contributed by atoms with Gasteiger partial charge in [0.25, 0.3) is 5.91 Å². The number of para-hydroxylation sites is 2. The molecular weight excluding hydrogens is 424 g/mol. The Hall–Kier alpha value is -3.67. The van der Waals surface area contributed by atoms with E-state index < -0.39 is 18.1 Å². The molecule has 176 valence electrons. The highest BCUT2D eigenvalue weighted by Gasteiger charge is 2.24. The number of hydrogen-bond acceptors (Lipinski definition) is 7. The second-order valence-electron chi connectivity index (χ2n) is 8.35. The van der Waals surface area contributed by atoms with Crippen LogP contribution in [-0.2, 0) is 0 Å². The van der Waals surface area contributed by atoms with Gasteiger partial charge in [-0.05, 0) is 24.5 Å². The summed E-state index contributed by atoms with van der Waals surface area (Å²) in [5, 5.41) is 18.5. The number of aromatic nitrogens is 5. The monoisotopic (exact) mass is 454 g/mol. The van der Waals surface area contributed by atoms with Crippen LogP contribution in [0.2, 0.25) is 0 Å². The molecule has 3 aromatic rings. The number of carbonyl (C=O) groups is 2. The number of piperazine rings is 1. The number of anilines is 1. The lowest BCUT2D eigenvalue weighted by atomic mass is 10.1. The first kappa shape index (κ1) is 22.5. The summed E-state index contributed by atoms with van der Waals surface area (Å²) in [4.78, 5) is 39.4. The van der Waals surface area contributed by atoms with Gasteiger partial charge < -0.3 is 31.2 Å². The van der Waals surface area contributed by atoms with E-state index in [1.165, 1.54) is 0 Å². The summed E-state index contributed by atoms with van der Waals surface area (Å²) in [7, 11) is 0. The van der Waals surface area contributed by atoms with Gasteiger partial charge in [-0.2, -0.15) is 4.98 Å². The standard InChI is InChI=1S/C21H30N10O2/c1-13(2)7-8-23-21(33)28-17(16-24-14-5-3-4-6-15(14)25-16)26-19(32)18-27-20(30-29-18)31-11-9-22-10-12-31/h3-6,13,17,22H,7-12H2,1-2H3,(H,24,25)(H,26,32)(H2,23,28,33)(H,27,29,30). The van der Waals surface area contributed by atoms with Crippen LogP contribution >= 0.6 is 0 Å². The fourth-order valence-corrected chi connectivity index (χ4v) is 3.50. The molecule has 0 radical (unpaired) electrons. The number of amides is 3. The van der Waals surface area contributed by atoms with E-state index in [2.05, 4.69) is 60.3 Å². The van der Waals surface area contributed by atoms with E-state index >= 15 is 0 Å². The first-order valence-corrected chi connectivity index (χ1v) is 11.2. The van der Waals surface area contributed by atoms with Crippen molar-refractivity contribution in [2.24, 2.45) is 5.92 Å². The molecule has 1 saturated heterocycles. The predicted octanol–water partition coefficient (Wildman–Crippen LogP) is 0.865. The fourth-order valence-electron chi connectivity index (χ4n) is 3.50. The van der Waals surface area contributed by atoms with Crippen LogP contribution in [0.15, 0.2) is 24.3 Å². The Morgan fingerprint density at radius 2 is 1.91 bits per heavy atom. The molecular formula is C21H30N10O2. The number of rotatable bonds is 8. The van der Waals surface area contributed by atoms with E-state index in [1.54, 1.807) is 0 Å². The van der Waals surface area contributed by atoms with E-state index in [-0.39, 0.29) is 5.82 Å². The van der Waals surface area contributed by atoms with Gasteiger partial charge in [0.15, 0.2) is 12.0 Å². The Kier molecular flexibility index (Phi) is 7.03. The Morgan fingerprint density at radius 1 is 1.12 bits per heavy atom. The zero-order valence-electron chi connectivity index (χ0n) is 18.8. The lowest BCUT2D eigenvalue weighted by Gasteiger charge is -2.25. The van der Waals surface area contributed by atoms with E-state index in [9.17, 15) is 9.59 Å². The smallest absolute Gasteiger partial charge is 0.316 e. The number of nitrogens with zero attached hydrogens (tertiary/aromatic N) is 4. The van der Waals surface area contributed by atoms with Crippen molar-refractivity contribution in [3.63, 3.8) is 0 Å². The number of benzene rings is 1. The zero-order valence-corrected chi connectivity index (χ0v) is 18.8. The Bertz CT molecular complexity index is 1050. The molecule has 1 aliphatic rings. The zero-order chi connectivity index (χ0) is 23.2. The van der Waals surface area contributed by atoms with Gasteiger partial charge in [-0.15, -0.1) is 5.10 Å². The molecule has 33 heavy (non-hydrogen) atoms. The van der Waals surface area contributed by atoms with Gasteiger partial charge in [0, 0.05) is 32.7 Å². The molecule has 0 saturated carbocycles. The second-order valence-corrected chi connectivity index (χ2v) is 8.35. The Labute approximate surface area is 191 Å². The summed E-state index contributed by atoms with van der Waals surface area (Å²) in [5.41, 5.74) is 1.53. The quantitative estimate of drug-likeness (QED) is 0.276. The largest absolute Gasteiger partial charge is 0.339 e. The van der Waals surface area contributed by atoms with E-state index in [1.807, 2.05) is 29.2 Å². The van der Waals surface area contributed by atoms with E-state index in [4.69, 9.17) is 0 Å². The molecule has 6 N–H and O–H groups in total. The highest BCUT2D eigenvalue weighted by atomic mass is 16.2. The SMILES string of the molecule is CC(C)CCNC(=O)NC(NC(=O)c1nc(N2CCNCC2)n[nH]1)c1nc2ccccc2[nH]1. The van der Waals surface area contributed by atoms with Crippen LogP contribution in [0.4, 0.5) is 10.7 Å². The van der Waals surface area contributed by atoms with Crippen LogP contribution < -0.4 is 26.2 Å². The minimum atomic E-state index is -0.892. The molecule has 1 fully saturated rings. The summed E-state index contributed by atoms with van der Waals surface area (Å²) in [5.74, 6) is 0.905. The molecule has 1 aromatic carbocycles. The molecule has 3 amide bonds. The molecule has 0 aliphatic carbocycles. The molecule has 1 unspecified atom stereocenters. The molecule has 12 heteroatoms. The first-order valence-electron chi connectivity index (χ1n) is 11.2. The topological polar surface area (TPSA) is 156 Å². The molecule has 1 aliphatic heterocycles. The Morgan fingerprint density at radius 3 is 2.67 bits per heavy atom. The number of imidazole rings is 1. The average molecular weight is 455 g/mol. The summed E-state index contributed by atoms with van der Waals surface area (Å²) < 4.78 is 0. The number of hydrogen-bond donors (Lipinski definition) is 6. The van der Waals surface area contributed by atoms with Crippen molar-refractivity contribution >= 4 is 28.9 Å². The third-order valence-corrected chi connectivity index (χ3v) is 5.33. The highest BCUT2D eigenvalue weighted by molar-refractivity contribution is 5.91. The van der Waals surface area contributed by atoms with Crippen molar-refractivity contribution in [2.45, 2.75) is 26.4 Å². The summed E-state index contributed by atoms with van der Waals surface area (Å²) in [6.07, 6.45) is -0.0428. The van der Waals surface area contributed by atoms with Gasteiger partial charge in [0.2, 0.25) is 11.8 Å². The summed E-state index contributed by atoms with van der Waals surface area (Å²) in [6.45, 7) is 7.89. The van der Waals surface area contributed by atoms with Crippen molar-refractivity contribution in [3.8, 4) is 0 Å². The summed E-state index contributed by atoms with van der Waals surface area (Å²) in [6, 6.07) is 7.09. The lowest BCUT2D eigenvalue weighted by molar-refractivity contribution is 0.0919. The molecule has 2 aromatic heterocycles. The molecule has 0 bridgehead atoms. The van der Waals surface area contributed by atoms with Crippen LogP contribution in [0.3, 0.4) is 0 Å². The van der Waals surface area contributed by atoms with Gasteiger partial charge in [-0.3, -0.25) is 9.89 Å². The molecule has 1 atom stereocenters. The second kappa shape index (κ2) is 10.3. The molecule has 0 spiro atoms. The Balaban J connectivity index is 1.48. The third-order valence-electron chi connectivity index (χ3n) is 5.33. The van der Waals surface area contributed by atoms with Gasteiger partial charge in [-0.1, -0.05) is 26.0 Å². The first-order chi connectivity index (χ1) is 16.0. The number of fused-ring (bicyclic) bond motifs is 1. The van der Waals surface area contributed by atoms with Crippen molar-refractivity contribution in [3.05, 3.63) is 35.9 Å². The highest BCUT2D eigenvalue weighted by Crippen LogP contribution is 2.15. The minimum Gasteiger partial charge on any atom is -0.339 e. The molecule has 12 nitrogen and oxygen atoms in total. The van der Waals surface area contributed by atoms with Crippen LogP contribution in [-0.4, -0.2) is 69.8 Å². The van der Waals surface area contributed by atoms with Gasteiger partial charge in [0.1, 0.15) is 0 Å². The van der Waals surface area contributed by atoms with Crippen LogP contribution in [0, 0.1) is 5.92 Å². The van der Waals surface area contributed by atoms with Crippen LogP contribution in [0.1, 0.15) is 42.9 Å². The number of urea groups is 1. The minimum absolute atomic E-state index is 0.0617. The lowest BCUT2D eigenvalue weighted by Crippen LogP contribution is -2.46.